The van der Waals surface area contributed by atoms with Crippen molar-refractivity contribution in [1.82, 2.24) is 0 Å². The van der Waals surface area contributed by atoms with Gasteiger partial charge in [0.25, 0.3) is 0 Å². The van der Waals surface area contributed by atoms with E-state index in [0.29, 0.717) is 6.61 Å². The van der Waals surface area contributed by atoms with E-state index < -0.39 is 6.10 Å². The molecule has 0 aliphatic heterocycles. The standard InChI is InChI=1S/C11H10O3/c12-7-6-11(8-13)14-9-10-4-2-1-3-5-10/h1-5,11H,6,9H2. The van der Waals surface area contributed by atoms with E-state index in [1.54, 1.807) is 12.6 Å². The molecule has 0 aliphatic carbocycles. The van der Waals surface area contributed by atoms with Gasteiger partial charge >= 0.3 is 0 Å². The van der Waals surface area contributed by atoms with E-state index in [1.165, 1.54) is 0 Å². The van der Waals surface area contributed by atoms with Crippen LogP contribution in [0.2, 0.25) is 0 Å². The molecule has 0 saturated carbocycles. The number of hydrogen-bond acceptors (Lipinski definition) is 3. The van der Waals surface area contributed by atoms with Crippen molar-refractivity contribution in [3.8, 4) is 0 Å². The number of ether oxygens (including phenoxy) is 1. The summed E-state index contributed by atoms with van der Waals surface area (Å²) in [5.74, 6) is 0. The van der Waals surface area contributed by atoms with Gasteiger partial charge in [-0.2, -0.15) is 0 Å². The van der Waals surface area contributed by atoms with Crippen LogP contribution in [0, 0.1) is 0 Å². The highest BCUT2D eigenvalue weighted by Crippen LogP contribution is 2.03. The third-order valence-corrected chi connectivity index (χ3v) is 1.69. The van der Waals surface area contributed by atoms with Crippen LogP contribution in [0.3, 0.4) is 0 Å². The quantitative estimate of drug-likeness (QED) is 0.676. The summed E-state index contributed by atoms with van der Waals surface area (Å²) >= 11 is 0. The summed E-state index contributed by atoms with van der Waals surface area (Å²) in [5.41, 5.74) is 0.957. The van der Waals surface area contributed by atoms with Crippen LogP contribution < -0.4 is 0 Å². The van der Waals surface area contributed by atoms with Crippen LogP contribution in [0.1, 0.15) is 12.0 Å². The van der Waals surface area contributed by atoms with E-state index >= 15 is 0 Å². The molecule has 0 saturated heterocycles. The van der Waals surface area contributed by atoms with Gasteiger partial charge in [0.1, 0.15) is 6.10 Å². The molecule has 0 bridgehead atoms. The summed E-state index contributed by atoms with van der Waals surface area (Å²) in [6.07, 6.45) is 2.40. The van der Waals surface area contributed by atoms with E-state index in [4.69, 9.17) is 4.74 Å². The van der Waals surface area contributed by atoms with E-state index in [0.717, 1.165) is 5.56 Å². The van der Waals surface area contributed by atoms with Crippen LogP contribution in [-0.2, 0) is 20.9 Å². The minimum absolute atomic E-state index is 0.0592. The first-order chi connectivity index (χ1) is 6.86. The molecule has 0 aromatic heterocycles. The van der Waals surface area contributed by atoms with Crippen LogP contribution in [0.15, 0.2) is 30.3 Å². The molecular formula is C11H10O3. The molecule has 0 heterocycles. The van der Waals surface area contributed by atoms with Gasteiger partial charge in [-0.25, -0.2) is 0 Å². The average Bonchev–Trinajstić information content (AvgIpc) is 2.25. The molecule has 1 rings (SSSR count). The van der Waals surface area contributed by atoms with E-state index in [2.05, 4.69) is 0 Å². The van der Waals surface area contributed by atoms with Gasteiger partial charge in [-0.1, -0.05) is 30.3 Å². The second-order valence-corrected chi connectivity index (χ2v) is 2.75. The lowest BCUT2D eigenvalue weighted by Gasteiger charge is -2.07. The first-order valence-electron chi connectivity index (χ1n) is 4.25. The lowest BCUT2D eigenvalue weighted by molar-refractivity contribution is 0.0865. The van der Waals surface area contributed by atoms with Crippen LogP contribution in [0.25, 0.3) is 0 Å². The molecule has 72 valence electrons. The van der Waals surface area contributed by atoms with E-state index in [9.17, 15) is 9.59 Å². The number of carbonyl (C=O) groups excluding carboxylic acids is 2. The number of rotatable bonds is 6. The minimum Gasteiger partial charge on any atom is -0.365 e. The van der Waals surface area contributed by atoms with Gasteiger partial charge in [0, 0.05) is 6.42 Å². The van der Waals surface area contributed by atoms with Crippen molar-refractivity contribution in [1.29, 1.82) is 0 Å². The Morgan fingerprint density at radius 3 is 2.50 bits per heavy atom. The van der Waals surface area contributed by atoms with Crippen LogP contribution in [-0.4, -0.2) is 18.7 Å². The van der Waals surface area contributed by atoms with Crippen molar-refractivity contribution in [3.63, 3.8) is 0 Å². The van der Waals surface area contributed by atoms with Gasteiger partial charge in [0.05, 0.1) is 6.61 Å². The number of benzene rings is 1. The highest BCUT2D eigenvalue weighted by atomic mass is 16.5. The third-order valence-electron chi connectivity index (χ3n) is 1.69. The highest BCUT2D eigenvalue weighted by Gasteiger charge is 2.08. The van der Waals surface area contributed by atoms with Crippen LogP contribution >= 0.6 is 0 Å². The molecule has 0 N–H and O–H groups in total. The molecular weight excluding hydrogens is 180 g/mol. The predicted molar refractivity (Wildman–Crippen MR) is 51.0 cm³/mol. The first kappa shape index (κ1) is 10.6. The Bertz CT molecular complexity index is 282. The lowest BCUT2D eigenvalue weighted by Crippen LogP contribution is -2.14. The monoisotopic (exact) mass is 190 g/mol. The SMILES string of the molecule is O=[C]CC([C]=O)OCc1ccccc1. The maximum atomic E-state index is 10.3. The Kier molecular flexibility index (Phi) is 4.58. The van der Waals surface area contributed by atoms with Gasteiger partial charge in [0.15, 0.2) is 0 Å². The van der Waals surface area contributed by atoms with Crippen LogP contribution in [0.5, 0.6) is 0 Å². The Labute approximate surface area is 82.7 Å². The molecule has 1 unspecified atom stereocenters. The first-order valence-corrected chi connectivity index (χ1v) is 4.25. The zero-order chi connectivity index (χ0) is 10.2. The zero-order valence-corrected chi connectivity index (χ0v) is 7.60. The van der Waals surface area contributed by atoms with Crippen molar-refractivity contribution >= 4 is 12.6 Å². The molecule has 3 nitrogen and oxygen atoms in total. The van der Waals surface area contributed by atoms with Gasteiger partial charge in [-0.3, -0.25) is 9.59 Å². The van der Waals surface area contributed by atoms with Gasteiger partial charge in [0.2, 0.25) is 12.6 Å². The summed E-state index contributed by atoms with van der Waals surface area (Å²) in [5, 5.41) is 0. The number of hydrogen-bond donors (Lipinski definition) is 0. The maximum absolute atomic E-state index is 10.3. The molecule has 1 aromatic rings. The summed E-state index contributed by atoms with van der Waals surface area (Å²) in [7, 11) is 0. The summed E-state index contributed by atoms with van der Waals surface area (Å²) in [6.45, 7) is 0.308. The fourth-order valence-corrected chi connectivity index (χ4v) is 0.981. The molecule has 0 spiro atoms. The highest BCUT2D eigenvalue weighted by molar-refractivity contribution is 5.64. The Balaban J connectivity index is 2.39. The van der Waals surface area contributed by atoms with Crippen molar-refractivity contribution in [2.45, 2.75) is 19.1 Å². The molecule has 0 amide bonds. The van der Waals surface area contributed by atoms with Gasteiger partial charge in [-0.15, -0.1) is 0 Å². The van der Waals surface area contributed by atoms with Crippen LogP contribution in [0.4, 0.5) is 0 Å². The molecule has 0 fully saturated rings. The summed E-state index contributed by atoms with van der Waals surface area (Å²) in [4.78, 5) is 20.3. The summed E-state index contributed by atoms with van der Waals surface area (Å²) in [6, 6.07) is 9.42. The van der Waals surface area contributed by atoms with Crippen molar-refractivity contribution in [2.24, 2.45) is 0 Å². The fraction of sp³-hybridized carbons (Fsp3) is 0.273. The molecule has 1 atom stereocenters. The Hall–Kier alpha value is -1.48. The van der Waals surface area contributed by atoms with Gasteiger partial charge < -0.3 is 4.74 Å². The van der Waals surface area contributed by atoms with Crippen molar-refractivity contribution in [2.75, 3.05) is 0 Å². The van der Waals surface area contributed by atoms with E-state index in [-0.39, 0.29) is 6.42 Å². The predicted octanol–water partition coefficient (Wildman–Crippen LogP) is 1.18. The lowest BCUT2D eigenvalue weighted by atomic mass is 10.2. The average molecular weight is 190 g/mol. The Morgan fingerprint density at radius 1 is 1.21 bits per heavy atom. The smallest absolute Gasteiger partial charge is 0.230 e. The topological polar surface area (TPSA) is 43.4 Å². The molecule has 0 aliphatic rings. The second kappa shape index (κ2) is 6.05. The largest absolute Gasteiger partial charge is 0.365 e. The molecule has 2 radical (unpaired) electrons. The van der Waals surface area contributed by atoms with Crippen molar-refractivity contribution in [3.05, 3.63) is 35.9 Å². The molecule has 3 heteroatoms. The molecule has 1 aromatic carbocycles. The van der Waals surface area contributed by atoms with E-state index in [1.807, 2.05) is 30.3 Å². The normalized spacial score (nSPS) is 12.0. The molecule has 14 heavy (non-hydrogen) atoms. The fourth-order valence-electron chi connectivity index (χ4n) is 0.981. The zero-order valence-electron chi connectivity index (χ0n) is 7.60. The maximum Gasteiger partial charge on any atom is 0.230 e. The Morgan fingerprint density at radius 2 is 1.93 bits per heavy atom. The van der Waals surface area contributed by atoms with Crippen molar-refractivity contribution < 1.29 is 14.3 Å². The minimum atomic E-state index is -0.798. The summed E-state index contributed by atoms with van der Waals surface area (Å²) < 4.78 is 5.13. The second-order valence-electron chi connectivity index (χ2n) is 2.75. The third kappa shape index (κ3) is 3.49. The van der Waals surface area contributed by atoms with Gasteiger partial charge in [-0.05, 0) is 5.56 Å².